The van der Waals surface area contributed by atoms with Gasteiger partial charge in [-0.3, -0.25) is 9.69 Å². The second kappa shape index (κ2) is 10.2. The molecule has 1 aliphatic heterocycles. The number of methoxy groups -OCH3 is 2. The summed E-state index contributed by atoms with van der Waals surface area (Å²) in [5.41, 5.74) is 2.82. The molecule has 35 heavy (non-hydrogen) atoms. The molecule has 3 aromatic carbocycles. The van der Waals surface area contributed by atoms with E-state index in [4.69, 9.17) is 18.6 Å². The van der Waals surface area contributed by atoms with Crippen LogP contribution in [-0.2, 0) is 4.74 Å². The van der Waals surface area contributed by atoms with Crippen molar-refractivity contribution in [3.63, 3.8) is 0 Å². The van der Waals surface area contributed by atoms with Crippen LogP contribution in [0.2, 0.25) is 0 Å². The fourth-order valence-corrected chi connectivity index (χ4v) is 4.55. The normalized spacial score (nSPS) is 15.0. The second-order valence-electron chi connectivity index (χ2n) is 8.32. The number of fused-ring (bicyclic) bond motifs is 1. The number of carbonyl (C=O) groups excluding carboxylic acids is 1. The van der Waals surface area contributed by atoms with E-state index >= 15 is 0 Å². The number of furan rings is 1. The van der Waals surface area contributed by atoms with E-state index in [2.05, 4.69) is 10.2 Å². The fraction of sp³-hybridized carbons (Fsp3) is 0.250. The molecule has 2 heterocycles. The van der Waals surface area contributed by atoms with E-state index in [0.29, 0.717) is 60.4 Å². The number of hydrogen-bond acceptors (Lipinski definition) is 6. The molecule has 0 spiro atoms. The highest BCUT2D eigenvalue weighted by atomic mass is 16.5. The van der Waals surface area contributed by atoms with Crippen molar-refractivity contribution in [3.8, 4) is 11.5 Å². The van der Waals surface area contributed by atoms with Crippen molar-refractivity contribution in [2.45, 2.75) is 6.04 Å². The Morgan fingerprint density at radius 1 is 0.943 bits per heavy atom. The Morgan fingerprint density at radius 2 is 1.69 bits per heavy atom. The van der Waals surface area contributed by atoms with Crippen molar-refractivity contribution in [1.29, 1.82) is 0 Å². The number of nitrogens with zero attached hydrogens (tertiary/aromatic N) is 1. The van der Waals surface area contributed by atoms with E-state index < -0.39 is 0 Å². The van der Waals surface area contributed by atoms with E-state index in [-0.39, 0.29) is 11.9 Å². The molecular formula is C28H28N2O5. The fourth-order valence-electron chi connectivity index (χ4n) is 4.55. The summed E-state index contributed by atoms with van der Waals surface area (Å²) < 4.78 is 23.4. The summed E-state index contributed by atoms with van der Waals surface area (Å²) in [6.45, 7) is 2.62. The van der Waals surface area contributed by atoms with Gasteiger partial charge in [0.1, 0.15) is 17.1 Å². The molecule has 7 nitrogen and oxygen atoms in total. The van der Waals surface area contributed by atoms with Crippen LogP contribution in [0.1, 0.15) is 27.7 Å². The summed E-state index contributed by atoms with van der Waals surface area (Å²) in [4.78, 5) is 15.5. The van der Waals surface area contributed by atoms with Gasteiger partial charge in [-0.1, -0.05) is 30.3 Å². The zero-order chi connectivity index (χ0) is 24.2. The molecule has 7 heteroatoms. The molecule has 0 radical (unpaired) electrons. The van der Waals surface area contributed by atoms with Crippen LogP contribution >= 0.6 is 0 Å². The van der Waals surface area contributed by atoms with Crippen molar-refractivity contribution in [2.75, 3.05) is 45.8 Å². The molecule has 0 bridgehead atoms. The van der Waals surface area contributed by atoms with Crippen LogP contribution in [0.5, 0.6) is 11.5 Å². The lowest BCUT2D eigenvalue weighted by molar-refractivity contribution is 0.0201. The summed E-state index contributed by atoms with van der Waals surface area (Å²) in [6, 6.07) is 22.3. The SMILES string of the molecule is COc1ccc(OC)c([C@H](c2oc3ccccc3c2NC(=O)c2ccccc2)N2CCOCC2)c1. The maximum Gasteiger partial charge on any atom is 0.255 e. The Balaban J connectivity index is 1.69. The number of para-hydroxylation sites is 1. The first kappa shape index (κ1) is 23.0. The van der Waals surface area contributed by atoms with Gasteiger partial charge in [0.25, 0.3) is 5.91 Å². The zero-order valence-electron chi connectivity index (χ0n) is 19.8. The topological polar surface area (TPSA) is 73.2 Å². The first-order valence-electron chi connectivity index (χ1n) is 11.6. The molecular weight excluding hydrogens is 444 g/mol. The van der Waals surface area contributed by atoms with Crippen LogP contribution in [0.25, 0.3) is 11.0 Å². The van der Waals surface area contributed by atoms with Crippen LogP contribution < -0.4 is 14.8 Å². The number of ether oxygens (including phenoxy) is 3. The Labute approximate surface area is 204 Å². The van der Waals surface area contributed by atoms with Gasteiger partial charge in [0.2, 0.25) is 0 Å². The van der Waals surface area contributed by atoms with Gasteiger partial charge in [-0.15, -0.1) is 0 Å². The number of carbonyl (C=O) groups is 1. The molecule has 1 amide bonds. The van der Waals surface area contributed by atoms with Gasteiger partial charge in [0, 0.05) is 29.6 Å². The molecule has 1 saturated heterocycles. The average Bonchev–Trinajstić information content (AvgIpc) is 3.27. The minimum atomic E-state index is -0.331. The van der Waals surface area contributed by atoms with Crippen molar-refractivity contribution in [2.24, 2.45) is 0 Å². The van der Waals surface area contributed by atoms with Gasteiger partial charge in [0.15, 0.2) is 5.76 Å². The van der Waals surface area contributed by atoms with Crippen molar-refractivity contribution in [3.05, 3.63) is 89.7 Å². The molecule has 5 rings (SSSR count). The minimum absolute atomic E-state index is 0.197. The lowest BCUT2D eigenvalue weighted by Crippen LogP contribution is -2.39. The Bertz CT molecular complexity index is 1310. The van der Waals surface area contributed by atoms with Gasteiger partial charge < -0.3 is 23.9 Å². The summed E-state index contributed by atoms with van der Waals surface area (Å²) in [6.07, 6.45) is 0. The van der Waals surface area contributed by atoms with E-state index in [1.54, 1.807) is 26.4 Å². The van der Waals surface area contributed by atoms with Gasteiger partial charge >= 0.3 is 0 Å². The minimum Gasteiger partial charge on any atom is -0.497 e. The quantitative estimate of drug-likeness (QED) is 0.402. The van der Waals surface area contributed by atoms with Crippen LogP contribution in [0.4, 0.5) is 5.69 Å². The first-order valence-corrected chi connectivity index (χ1v) is 11.6. The molecule has 1 N–H and O–H groups in total. The number of hydrogen-bond donors (Lipinski definition) is 1. The number of nitrogens with one attached hydrogen (secondary N) is 1. The summed E-state index contributed by atoms with van der Waals surface area (Å²) in [7, 11) is 3.29. The van der Waals surface area contributed by atoms with E-state index in [0.717, 1.165) is 10.9 Å². The lowest BCUT2D eigenvalue weighted by Gasteiger charge is -2.34. The maximum absolute atomic E-state index is 13.2. The van der Waals surface area contributed by atoms with Gasteiger partial charge in [-0.05, 0) is 42.5 Å². The van der Waals surface area contributed by atoms with Crippen molar-refractivity contribution < 1.29 is 23.4 Å². The predicted octanol–water partition coefficient (Wildman–Crippen LogP) is 5.12. The molecule has 0 unspecified atom stereocenters. The van der Waals surface area contributed by atoms with Crippen LogP contribution in [0.15, 0.2) is 77.2 Å². The first-order chi connectivity index (χ1) is 17.2. The number of amides is 1. The Kier molecular flexibility index (Phi) is 6.70. The third-order valence-corrected chi connectivity index (χ3v) is 6.29. The molecule has 1 aliphatic rings. The largest absolute Gasteiger partial charge is 0.497 e. The second-order valence-corrected chi connectivity index (χ2v) is 8.32. The summed E-state index contributed by atoms with van der Waals surface area (Å²) >= 11 is 0. The smallest absolute Gasteiger partial charge is 0.255 e. The van der Waals surface area contributed by atoms with Gasteiger partial charge in [0.05, 0.1) is 39.2 Å². The van der Waals surface area contributed by atoms with E-state index in [9.17, 15) is 4.79 Å². The summed E-state index contributed by atoms with van der Waals surface area (Å²) in [5, 5.41) is 3.98. The van der Waals surface area contributed by atoms with Crippen LogP contribution in [0, 0.1) is 0 Å². The maximum atomic E-state index is 13.2. The molecule has 0 saturated carbocycles. The van der Waals surface area contributed by atoms with E-state index in [1.165, 1.54) is 0 Å². The molecule has 1 atom stereocenters. The van der Waals surface area contributed by atoms with Crippen molar-refractivity contribution >= 4 is 22.6 Å². The van der Waals surface area contributed by atoms with Crippen molar-refractivity contribution in [1.82, 2.24) is 4.90 Å². The number of morpholine rings is 1. The van der Waals surface area contributed by atoms with E-state index in [1.807, 2.05) is 60.7 Å². The monoisotopic (exact) mass is 472 g/mol. The third-order valence-electron chi connectivity index (χ3n) is 6.29. The standard InChI is InChI=1S/C28H28N2O5/c1-32-20-12-13-23(33-2)22(18-20)26(30-14-16-34-17-15-30)27-25(21-10-6-7-11-24(21)35-27)29-28(31)19-8-4-3-5-9-19/h3-13,18,26H,14-17H2,1-2H3,(H,29,31)/t26-/m1/s1. The highest BCUT2D eigenvalue weighted by Crippen LogP contribution is 2.44. The van der Waals surface area contributed by atoms with Crippen LogP contribution in [0.3, 0.4) is 0 Å². The summed E-state index contributed by atoms with van der Waals surface area (Å²) in [5.74, 6) is 1.87. The van der Waals surface area contributed by atoms with Gasteiger partial charge in [-0.25, -0.2) is 0 Å². The predicted molar refractivity (Wildman–Crippen MR) is 134 cm³/mol. The lowest BCUT2D eigenvalue weighted by atomic mass is 9.98. The molecule has 1 fully saturated rings. The number of anilines is 1. The molecule has 180 valence electrons. The number of rotatable bonds is 7. The highest BCUT2D eigenvalue weighted by molar-refractivity contribution is 6.09. The molecule has 1 aromatic heterocycles. The third kappa shape index (κ3) is 4.60. The zero-order valence-corrected chi connectivity index (χ0v) is 19.8. The average molecular weight is 473 g/mol. The highest BCUT2D eigenvalue weighted by Gasteiger charge is 2.33. The Hall–Kier alpha value is -3.81. The molecule has 0 aliphatic carbocycles. The Morgan fingerprint density at radius 3 is 2.43 bits per heavy atom. The molecule has 4 aromatic rings. The van der Waals surface area contributed by atoms with Crippen LogP contribution in [-0.4, -0.2) is 51.3 Å². The van der Waals surface area contributed by atoms with Gasteiger partial charge in [-0.2, -0.15) is 0 Å². The number of benzene rings is 3.